The third-order valence-corrected chi connectivity index (χ3v) is 5.70. The van der Waals surface area contributed by atoms with Crippen molar-refractivity contribution in [2.45, 2.75) is 65.1 Å². The van der Waals surface area contributed by atoms with E-state index in [0.29, 0.717) is 12.2 Å². The second-order valence-electron chi connectivity index (χ2n) is 8.17. The Hall–Kier alpha value is -3.07. The van der Waals surface area contributed by atoms with Crippen LogP contribution in [0, 0.1) is 0 Å². The first-order valence-electron chi connectivity index (χ1n) is 11.7. The van der Waals surface area contributed by atoms with Crippen molar-refractivity contribution < 1.29 is 14.3 Å². The number of aldehydes is 1. The highest BCUT2D eigenvalue weighted by atomic mass is 16.5. The molecule has 32 heavy (non-hydrogen) atoms. The van der Waals surface area contributed by atoms with E-state index in [0.717, 1.165) is 48.2 Å². The number of carbonyl (C=O) groups is 1. The van der Waals surface area contributed by atoms with Crippen LogP contribution in [0.15, 0.2) is 72.8 Å². The topological polar surface area (TPSA) is 35.5 Å². The van der Waals surface area contributed by atoms with Crippen molar-refractivity contribution in [3.63, 3.8) is 0 Å². The van der Waals surface area contributed by atoms with Crippen LogP contribution in [0.2, 0.25) is 0 Å². The molecule has 0 fully saturated rings. The normalized spacial score (nSPS) is 11.7. The van der Waals surface area contributed by atoms with Gasteiger partial charge in [-0.25, -0.2) is 0 Å². The van der Waals surface area contributed by atoms with Gasteiger partial charge in [0.25, 0.3) is 0 Å². The summed E-state index contributed by atoms with van der Waals surface area (Å²) in [5.74, 6) is 1.65. The molecular formula is C29H34O3. The lowest BCUT2D eigenvalue weighted by atomic mass is 10.0. The Morgan fingerprint density at radius 2 is 1.41 bits per heavy atom. The van der Waals surface area contributed by atoms with Crippen molar-refractivity contribution in [1.82, 2.24) is 0 Å². The quantitative estimate of drug-likeness (QED) is 0.206. The van der Waals surface area contributed by atoms with Gasteiger partial charge in [0.05, 0.1) is 0 Å². The van der Waals surface area contributed by atoms with Crippen molar-refractivity contribution in [1.29, 1.82) is 0 Å². The zero-order chi connectivity index (χ0) is 22.6. The van der Waals surface area contributed by atoms with Crippen molar-refractivity contribution in [2.75, 3.05) is 0 Å². The van der Waals surface area contributed by atoms with E-state index < -0.39 is 0 Å². The van der Waals surface area contributed by atoms with Crippen LogP contribution >= 0.6 is 0 Å². The Morgan fingerprint density at radius 3 is 2.03 bits per heavy atom. The number of rotatable bonds is 13. The van der Waals surface area contributed by atoms with Gasteiger partial charge in [0.15, 0.2) is 0 Å². The van der Waals surface area contributed by atoms with Crippen LogP contribution in [-0.4, -0.2) is 6.29 Å². The Labute approximate surface area is 192 Å². The van der Waals surface area contributed by atoms with Gasteiger partial charge in [0.1, 0.15) is 30.5 Å². The molecule has 0 heterocycles. The highest BCUT2D eigenvalue weighted by Gasteiger charge is 2.14. The second-order valence-corrected chi connectivity index (χ2v) is 8.17. The summed E-state index contributed by atoms with van der Waals surface area (Å²) in [6, 6.07) is 24.1. The molecule has 0 saturated carbocycles. The number of unbranched alkanes of at least 4 members (excludes halogenated alkanes) is 3. The maximum absolute atomic E-state index is 11.0. The molecule has 0 aromatic heterocycles. The van der Waals surface area contributed by atoms with Gasteiger partial charge in [-0.15, -0.1) is 0 Å². The van der Waals surface area contributed by atoms with Crippen molar-refractivity contribution in [3.8, 4) is 11.5 Å². The van der Waals surface area contributed by atoms with Crippen LogP contribution in [0.25, 0.3) is 0 Å². The number of benzene rings is 3. The molecule has 3 nitrogen and oxygen atoms in total. The Morgan fingerprint density at radius 1 is 0.750 bits per heavy atom. The molecule has 0 saturated heterocycles. The summed E-state index contributed by atoms with van der Waals surface area (Å²) in [5, 5.41) is 0. The van der Waals surface area contributed by atoms with Gasteiger partial charge >= 0.3 is 0 Å². The van der Waals surface area contributed by atoms with Crippen molar-refractivity contribution >= 4 is 6.29 Å². The molecule has 1 unspecified atom stereocenters. The Bertz CT molecular complexity index is 928. The first-order valence-corrected chi connectivity index (χ1v) is 11.7. The lowest BCUT2D eigenvalue weighted by molar-refractivity contribution is 0.112. The molecule has 1 atom stereocenters. The smallest absolute Gasteiger partial charge is 0.150 e. The highest BCUT2D eigenvalue weighted by Crippen LogP contribution is 2.28. The van der Waals surface area contributed by atoms with Crippen LogP contribution in [0.1, 0.15) is 79.1 Å². The minimum Gasteiger partial charge on any atom is -0.489 e. The van der Waals surface area contributed by atoms with E-state index in [2.05, 4.69) is 38.1 Å². The summed E-state index contributed by atoms with van der Waals surface area (Å²) in [6.45, 7) is 4.93. The molecule has 0 aliphatic rings. The minimum atomic E-state index is -0.0311. The summed E-state index contributed by atoms with van der Waals surface area (Å²) < 4.78 is 12.3. The van der Waals surface area contributed by atoms with E-state index in [1.807, 2.05) is 48.5 Å². The predicted molar refractivity (Wildman–Crippen MR) is 131 cm³/mol. The summed E-state index contributed by atoms with van der Waals surface area (Å²) in [4.78, 5) is 11.0. The van der Waals surface area contributed by atoms with Crippen LogP contribution in [0.5, 0.6) is 11.5 Å². The largest absolute Gasteiger partial charge is 0.489 e. The first kappa shape index (κ1) is 23.6. The van der Waals surface area contributed by atoms with E-state index in [1.165, 1.54) is 24.8 Å². The van der Waals surface area contributed by atoms with Crippen LogP contribution in [-0.2, 0) is 13.0 Å². The first-order chi connectivity index (χ1) is 15.7. The van der Waals surface area contributed by atoms with E-state index in [-0.39, 0.29) is 6.10 Å². The van der Waals surface area contributed by atoms with Crippen LogP contribution in [0.3, 0.4) is 0 Å². The minimum absolute atomic E-state index is 0.0311. The maximum Gasteiger partial charge on any atom is 0.150 e. The average Bonchev–Trinajstić information content (AvgIpc) is 2.86. The number of hydrogen-bond acceptors (Lipinski definition) is 3. The third kappa shape index (κ3) is 7.26. The van der Waals surface area contributed by atoms with E-state index >= 15 is 0 Å². The second kappa shape index (κ2) is 12.7. The molecule has 168 valence electrons. The molecule has 0 spiro atoms. The van der Waals surface area contributed by atoms with Crippen LogP contribution in [0.4, 0.5) is 0 Å². The summed E-state index contributed by atoms with van der Waals surface area (Å²) in [5.41, 5.74) is 4.28. The number of hydrogen-bond donors (Lipinski definition) is 0. The zero-order valence-electron chi connectivity index (χ0n) is 19.3. The molecule has 0 amide bonds. The third-order valence-electron chi connectivity index (χ3n) is 5.70. The molecule has 0 radical (unpaired) electrons. The Balaban J connectivity index is 1.60. The van der Waals surface area contributed by atoms with Crippen molar-refractivity contribution in [3.05, 3.63) is 95.1 Å². The molecule has 0 aliphatic heterocycles. The predicted octanol–water partition coefficient (Wildman–Crippen LogP) is 7.73. The maximum atomic E-state index is 11.0. The lowest BCUT2D eigenvalue weighted by Gasteiger charge is -2.20. The summed E-state index contributed by atoms with van der Waals surface area (Å²) >= 11 is 0. The van der Waals surface area contributed by atoms with Gasteiger partial charge in [0, 0.05) is 5.56 Å². The zero-order valence-corrected chi connectivity index (χ0v) is 19.3. The van der Waals surface area contributed by atoms with Gasteiger partial charge in [-0.3, -0.25) is 4.79 Å². The van der Waals surface area contributed by atoms with Gasteiger partial charge in [-0.1, -0.05) is 81.6 Å². The molecule has 3 aromatic rings. The summed E-state index contributed by atoms with van der Waals surface area (Å²) in [7, 11) is 0. The fourth-order valence-electron chi connectivity index (χ4n) is 3.66. The van der Waals surface area contributed by atoms with Crippen molar-refractivity contribution in [2.24, 2.45) is 0 Å². The van der Waals surface area contributed by atoms with E-state index in [1.54, 1.807) is 0 Å². The summed E-state index contributed by atoms with van der Waals surface area (Å²) in [6.07, 6.45) is 7.61. The van der Waals surface area contributed by atoms with Crippen LogP contribution < -0.4 is 9.47 Å². The van der Waals surface area contributed by atoms with Gasteiger partial charge < -0.3 is 9.47 Å². The fraction of sp³-hybridized carbons (Fsp3) is 0.345. The molecule has 3 rings (SSSR count). The number of ether oxygens (including phenoxy) is 2. The molecule has 0 aliphatic carbocycles. The van der Waals surface area contributed by atoms with Gasteiger partial charge in [-0.05, 0) is 60.2 Å². The molecule has 0 bridgehead atoms. The molecule has 3 heteroatoms. The average molecular weight is 431 g/mol. The highest BCUT2D eigenvalue weighted by molar-refractivity contribution is 5.74. The monoisotopic (exact) mass is 430 g/mol. The SMILES string of the molecule is CCCCCCC(Oc1ccc(OCc2ccc(CC)cc2)cc1)c1ccc(C=O)cc1. The Kier molecular flexibility index (Phi) is 9.37. The number of aryl methyl sites for hydroxylation is 1. The molecule has 0 N–H and O–H groups in total. The standard InChI is InChI=1S/C29H34O3/c1-3-5-6-7-8-29(26-15-13-24(21-30)14-16-26)32-28-19-17-27(18-20-28)31-22-25-11-9-23(4-2)10-12-25/h9-21,29H,3-8,22H2,1-2H3. The fourth-order valence-corrected chi connectivity index (χ4v) is 3.66. The molecular weight excluding hydrogens is 396 g/mol. The molecule has 3 aromatic carbocycles. The number of carbonyl (C=O) groups excluding carboxylic acids is 1. The lowest BCUT2D eigenvalue weighted by Crippen LogP contribution is -2.08. The van der Waals surface area contributed by atoms with Gasteiger partial charge in [-0.2, -0.15) is 0 Å². The van der Waals surface area contributed by atoms with Gasteiger partial charge in [0.2, 0.25) is 0 Å². The van der Waals surface area contributed by atoms with E-state index in [9.17, 15) is 4.79 Å². The van der Waals surface area contributed by atoms with E-state index in [4.69, 9.17) is 9.47 Å².